The maximum Gasteiger partial charge on any atom is 0.405 e. The Morgan fingerprint density at radius 1 is 0.857 bits per heavy atom. The molecule has 7 rings (SSSR count). The predicted octanol–water partition coefficient (Wildman–Crippen LogP) is 7.01. The van der Waals surface area contributed by atoms with Crippen LogP contribution in [0.5, 0.6) is 0 Å². The number of rotatable bonds is 9. The molecule has 4 aromatic carbocycles. The maximum atomic E-state index is 13.9. The number of hydrogen-bond acceptors (Lipinski definition) is 5. The quantitative estimate of drug-likeness (QED) is 0.192. The molecule has 0 radical (unpaired) electrons. The van der Waals surface area contributed by atoms with E-state index in [2.05, 4.69) is 15.1 Å². The van der Waals surface area contributed by atoms with E-state index in [1.165, 1.54) is 23.9 Å². The third kappa shape index (κ3) is 6.78. The summed E-state index contributed by atoms with van der Waals surface area (Å²) >= 11 is 1.54. The van der Waals surface area contributed by atoms with Crippen LogP contribution in [0.4, 0.5) is 23.2 Å². The van der Waals surface area contributed by atoms with Crippen molar-refractivity contribution in [2.24, 2.45) is 0 Å². The van der Waals surface area contributed by atoms with E-state index in [0.29, 0.717) is 38.0 Å². The average Bonchev–Trinajstić information content (AvgIpc) is 3.40. The van der Waals surface area contributed by atoms with Crippen molar-refractivity contribution >= 4 is 29.3 Å². The van der Waals surface area contributed by atoms with E-state index < -0.39 is 24.0 Å². The number of halogens is 4. The maximum absolute atomic E-state index is 13.9. The van der Waals surface area contributed by atoms with E-state index >= 15 is 0 Å². The van der Waals surface area contributed by atoms with Gasteiger partial charge in [0.2, 0.25) is 5.91 Å². The summed E-state index contributed by atoms with van der Waals surface area (Å²) in [6, 6.07) is 27.4. The van der Waals surface area contributed by atoms with Crippen molar-refractivity contribution in [1.82, 2.24) is 15.1 Å². The zero-order valence-corrected chi connectivity index (χ0v) is 27.6. The molecule has 0 spiro atoms. The summed E-state index contributed by atoms with van der Waals surface area (Å²) in [4.78, 5) is 35.3. The van der Waals surface area contributed by atoms with Crippen LogP contribution in [0.2, 0.25) is 0 Å². The third-order valence-corrected chi connectivity index (χ3v) is 10.9. The highest BCUT2D eigenvalue weighted by molar-refractivity contribution is 7.99. The summed E-state index contributed by atoms with van der Waals surface area (Å²) < 4.78 is 53.5. The van der Waals surface area contributed by atoms with Gasteiger partial charge in [-0.3, -0.25) is 14.5 Å². The first-order chi connectivity index (χ1) is 23.6. The lowest BCUT2D eigenvalue weighted by Crippen LogP contribution is -2.50. The number of fused-ring (bicyclic) bond motifs is 3. The van der Waals surface area contributed by atoms with E-state index in [1.54, 1.807) is 11.0 Å². The van der Waals surface area contributed by atoms with Crippen molar-refractivity contribution < 1.29 is 27.2 Å². The number of nitrogens with zero attached hydrogens (tertiary/aromatic N) is 3. The fourth-order valence-corrected chi connectivity index (χ4v) is 8.60. The van der Waals surface area contributed by atoms with Gasteiger partial charge in [-0.25, -0.2) is 4.39 Å². The highest BCUT2D eigenvalue weighted by atomic mass is 32.2. The number of benzene rings is 4. The second kappa shape index (κ2) is 13.5. The molecular weight excluding hydrogens is 653 g/mol. The summed E-state index contributed by atoms with van der Waals surface area (Å²) in [5.74, 6) is -1.01. The minimum absolute atomic E-state index is 0.0581. The molecule has 2 amide bonds. The van der Waals surface area contributed by atoms with Gasteiger partial charge in [-0.2, -0.15) is 13.2 Å². The smallest absolute Gasteiger partial charge is 0.369 e. The normalized spacial score (nSPS) is 17.0. The summed E-state index contributed by atoms with van der Waals surface area (Å²) in [5, 5.41) is 2.23. The van der Waals surface area contributed by atoms with E-state index in [9.17, 15) is 27.2 Å². The van der Waals surface area contributed by atoms with Crippen LogP contribution in [0, 0.1) is 5.82 Å². The highest BCUT2D eigenvalue weighted by Gasteiger charge is 2.47. The van der Waals surface area contributed by atoms with Crippen molar-refractivity contribution in [2.75, 3.05) is 44.2 Å². The Hall–Kier alpha value is -4.35. The molecule has 0 unspecified atom stereocenters. The molecule has 1 fully saturated rings. The first-order valence-electron chi connectivity index (χ1n) is 16.5. The molecule has 1 saturated heterocycles. The Kier molecular flexibility index (Phi) is 9.15. The first kappa shape index (κ1) is 33.2. The molecule has 3 aliphatic heterocycles. The Morgan fingerprint density at radius 2 is 1.55 bits per heavy atom. The van der Waals surface area contributed by atoms with Crippen LogP contribution in [0.3, 0.4) is 0 Å². The van der Waals surface area contributed by atoms with Gasteiger partial charge in [-0.05, 0) is 78.0 Å². The summed E-state index contributed by atoms with van der Waals surface area (Å²) in [7, 11) is 0. The van der Waals surface area contributed by atoms with Gasteiger partial charge in [0.25, 0.3) is 5.91 Å². The number of piperazine rings is 1. The van der Waals surface area contributed by atoms with Crippen LogP contribution in [0.25, 0.3) is 0 Å². The average molecular weight is 689 g/mol. The minimum Gasteiger partial charge on any atom is -0.369 e. The monoisotopic (exact) mass is 688 g/mol. The van der Waals surface area contributed by atoms with Crippen LogP contribution >= 0.6 is 11.8 Å². The lowest BCUT2D eigenvalue weighted by atomic mass is 9.70. The van der Waals surface area contributed by atoms with Crippen LogP contribution < -0.4 is 10.2 Å². The van der Waals surface area contributed by atoms with Gasteiger partial charge in [0.15, 0.2) is 0 Å². The van der Waals surface area contributed by atoms with Crippen LogP contribution in [-0.4, -0.2) is 67.1 Å². The third-order valence-electron chi connectivity index (χ3n) is 9.75. The molecule has 0 aromatic heterocycles. The molecule has 0 bridgehead atoms. The summed E-state index contributed by atoms with van der Waals surface area (Å²) in [5.41, 5.74) is 3.60. The molecule has 49 heavy (non-hydrogen) atoms. The van der Waals surface area contributed by atoms with Crippen LogP contribution in [0.1, 0.15) is 45.5 Å². The Bertz CT molecular complexity index is 1830. The number of hydrogen-bond donors (Lipinski definition) is 1. The molecule has 0 aliphatic carbocycles. The number of anilines is 1. The van der Waals surface area contributed by atoms with E-state index in [4.69, 9.17) is 0 Å². The topological polar surface area (TPSA) is 55.9 Å². The van der Waals surface area contributed by atoms with Crippen LogP contribution in [0.15, 0.2) is 101 Å². The van der Waals surface area contributed by atoms with Crippen molar-refractivity contribution in [3.8, 4) is 0 Å². The lowest BCUT2D eigenvalue weighted by molar-refractivity contribution is -0.141. The molecule has 6 nitrogen and oxygen atoms in total. The number of carbonyl (C=O) groups excluding carboxylic acids is 2. The van der Waals surface area contributed by atoms with Gasteiger partial charge in [0.1, 0.15) is 17.8 Å². The Balaban J connectivity index is 1.01. The van der Waals surface area contributed by atoms with Gasteiger partial charge < -0.3 is 15.1 Å². The molecule has 254 valence electrons. The van der Waals surface area contributed by atoms with E-state index in [0.717, 1.165) is 63.9 Å². The zero-order valence-electron chi connectivity index (χ0n) is 26.8. The molecule has 1 N–H and O–H groups in total. The van der Waals surface area contributed by atoms with Gasteiger partial charge in [-0.1, -0.05) is 66.4 Å². The van der Waals surface area contributed by atoms with Crippen molar-refractivity contribution in [2.45, 2.75) is 47.3 Å². The SMILES string of the molecule is O=C1c2cc(N3CCN(CCCC4(C(=O)NCC(F)(F)F)c5ccccc5Sc5ccccc54)CC3)ccc2CN1Cc1cccc(F)c1. The Labute approximate surface area is 287 Å². The van der Waals surface area contributed by atoms with Crippen molar-refractivity contribution in [3.05, 3.63) is 125 Å². The van der Waals surface area contributed by atoms with Gasteiger partial charge in [0, 0.05) is 60.3 Å². The van der Waals surface area contributed by atoms with Crippen molar-refractivity contribution in [1.29, 1.82) is 0 Å². The molecule has 3 aliphatic rings. The standard InChI is InChI=1S/C38H36F4N4O2S/c39-28-8-5-7-26(21-28)23-46-24-27-13-14-29(22-30(27)35(46)47)45-19-17-44(18-20-45)16-6-15-37(36(48)43-25-38(40,41)42)31-9-1-3-11-33(31)49-34-12-4-2-10-32(34)37/h1-5,7-14,21-22H,6,15-20,23-25H2,(H,43,48). The predicted molar refractivity (Wildman–Crippen MR) is 181 cm³/mol. The van der Waals surface area contributed by atoms with E-state index in [1.807, 2.05) is 72.8 Å². The summed E-state index contributed by atoms with van der Waals surface area (Å²) in [6.45, 7) is 3.19. The summed E-state index contributed by atoms with van der Waals surface area (Å²) in [6.07, 6.45) is -3.54. The second-order valence-electron chi connectivity index (χ2n) is 12.9. The first-order valence-corrected chi connectivity index (χ1v) is 17.3. The fraction of sp³-hybridized carbons (Fsp3) is 0.316. The molecular formula is C38H36F4N4O2S. The highest BCUT2D eigenvalue weighted by Crippen LogP contribution is 2.51. The largest absolute Gasteiger partial charge is 0.405 e. The molecule has 3 heterocycles. The van der Waals surface area contributed by atoms with Gasteiger partial charge in [-0.15, -0.1) is 0 Å². The number of carbonyl (C=O) groups is 2. The molecule has 0 atom stereocenters. The minimum atomic E-state index is -4.52. The van der Waals surface area contributed by atoms with Gasteiger partial charge in [0.05, 0.1) is 0 Å². The van der Waals surface area contributed by atoms with E-state index in [-0.39, 0.29) is 11.7 Å². The van der Waals surface area contributed by atoms with Crippen LogP contribution in [-0.2, 0) is 23.3 Å². The second-order valence-corrected chi connectivity index (χ2v) is 13.9. The number of alkyl halides is 3. The number of nitrogens with one attached hydrogen (secondary N) is 1. The lowest BCUT2D eigenvalue weighted by Gasteiger charge is -2.40. The zero-order chi connectivity index (χ0) is 34.2. The Morgan fingerprint density at radius 3 is 2.22 bits per heavy atom. The number of amides is 2. The molecule has 0 saturated carbocycles. The molecule has 4 aromatic rings. The van der Waals surface area contributed by atoms with Gasteiger partial charge >= 0.3 is 6.18 Å². The molecule has 11 heteroatoms. The fourth-order valence-electron chi connectivity index (χ4n) is 7.37. The van der Waals surface area contributed by atoms with Crippen molar-refractivity contribution in [3.63, 3.8) is 0 Å².